The summed E-state index contributed by atoms with van der Waals surface area (Å²) in [6.45, 7) is 2.27. The third kappa shape index (κ3) is 4.53. The summed E-state index contributed by atoms with van der Waals surface area (Å²) in [5, 5.41) is 4.42. The summed E-state index contributed by atoms with van der Waals surface area (Å²) in [5.74, 6) is 2.02. The first kappa shape index (κ1) is 13.3. The molecule has 0 aromatic heterocycles. The summed E-state index contributed by atoms with van der Waals surface area (Å²) in [6.07, 6.45) is 5.71. The molecule has 1 fully saturated rings. The van der Waals surface area contributed by atoms with Gasteiger partial charge in [-0.2, -0.15) is 0 Å². The smallest absolute Gasteiger partial charge is 0.0541 e. The van der Waals surface area contributed by atoms with E-state index < -0.39 is 0 Å². The van der Waals surface area contributed by atoms with Crippen LogP contribution in [0.25, 0.3) is 0 Å². The Balaban J connectivity index is 1.58. The van der Waals surface area contributed by atoms with E-state index in [2.05, 4.69) is 11.4 Å². The minimum absolute atomic E-state index is 0.869. The van der Waals surface area contributed by atoms with E-state index in [1.54, 1.807) is 0 Å². The van der Waals surface area contributed by atoms with Crippen molar-refractivity contribution in [2.75, 3.05) is 18.8 Å². The molecule has 0 spiro atoms. The molecule has 1 nitrogen and oxygen atoms in total. The van der Waals surface area contributed by atoms with Crippen LogP contribution >= 0.6 is 23.4 Å². The molecule has 1 aromatic rings. The van der Waals surface area contributed by atoms with Crippen molar-refractivity contribution in [1.29, 1.82) is 0 Å². The average Bonchev–Trinajstić information content (AvgIpc) is 2.84. The second kappa shape index (κ2) is 7.30. The lowest BCUT2D eigenvalue weighted by Crippen LogP contribution is -2.23. The molecule has 1 N–H and O–H groups in total. The highest BCUT2D eigenvalue weighted by molar-refractivity contribution is 7.99. The van der Waals surface area contributed by atoms with Gasteiger partial charge in [0.2, 0.25) is 0 Å². The molecule has 1 aliphatic rings. The number of thioether (sulfide) groups is 1. The Morgan fingerprint density at radius 1 is 1.24 bits per heavy atom. The molecule has 0 amide bonds. The molecule has 1 aromatic carbocycles. The average molecular weight is 270 g/mol. The highest BCUT2D eigenvalue weighted by Gasteiger charge is 2.13. The van der Waals surface area contributed by atoms with Gasteiger partial charge in [-0.15, -0.1) is 11.8 Å². The van der Waals surface area contributed by atoms with Gasteiger partial charge in [0.05, 0.1) is 5.02 Å². The first-order valence-electron chi connectivity index (χ1n) is 6.44. The van der Waals surface area contributed by atoms with E-state index in [0.717, 1.165) is 23.2 Å². The monoisotopic (exact) mass is 269 g/mol. The first-order chi connectivity index (χ1) is 8.36. The van der Waals surface area contributed by atoms with E-state index in [-0.39, 0.29) is 0 Å². The highest BCUT2D eigenvalue weighted by atomic mass is 35.5. The van der Waals surface area contributed by atoms with Crippen LogP contribution in [-0.2, 0) is 0 Å². The molecule has 0 saturated heterocycles. The summed E-state index contributed by atoms with van der Waals surface area (Å²) in [5.41, 5.74) is 0. The molecule has 0 unspecified atom stereocenters. The molecule has 94 valence electrons. The predicted molar refractivity (Wildman–Crippen MR) is 77.0 cm³/mol. The van der Waals surface area contributed by atoms with Crippen molar-refractivity contribution in [1.82, 2.24) is 5.32 Å². The fourth-order valence-electron chi connectivity index (χ4n) is 2.32. The van der Waals surface area contributed by atoms with Gasteiger partial charge >= 0.3 is 0 Å². The normalized spacial score (nSPS) is 16.5. The Morgan fingerprint density at radius 3 is 2.76 bits per heavy atom. The molecule has 1 saturated carbocycles. The summed E-state index contributed by atoms with van der Waals surface area (Å²) >= 11 is 7.93. The molecule has 0 bridgehead atoms. The fraction of sp³-hybridized carbons (Fsp3) is 0.571. The zero-order valence-corrected chi connectivity index (χ0v) is 11.7. The standard InChI is InChI=1S/C14H20ClNS/c15-13-7-3-4-8-14(13)17-10-9-16-11-12-5-1-2-6-12/h3-4,7-8,12,16H,1-2,5-6,9-11H2. The Kier molecular flexibility index (Phi) is 5.69. The Morgan fingerprint density at radius 2 is 2.00 bits per heavy atom. The lowest BCUT2D eigenvalue weighted by atomic mass is 10.1. The fourth-order valence-corrected chi connectivity index (χ4v) is 3.46. The van der Waals surface area contributed by atoms with E-state index in [0.29, 0.717) is 0 Å². The molecule has 1 aliphatic carbocycles. The van der Waals surface area contributed by atoms with Gasteiger partial charge in [-0.05, 0) is 37.4 Å². The van der Waals surface area contributed by atoms with E-state index in [1.807, 2.05) is 30.0 Å². The van der Waals surface area contributed by atoms with Crippen molar-refractivity contribution in [3.05, 3.63) is 29.3 Å². The predicted octanol–water partition coefficient (Wildman–Crippen LogP) is 4.21. The third-order valence-electron chi connectivity index (χ3n) is 3.28. The van der Waals surface area contributed by atoms with Gasteiger partial charge in [-0.25, -0.2) is 0 Å². The van der Waals surface area contributed by atoms with Crippen molar-refractivity contribution < 1.29 is 0 Å². The quantitative estimate of drug-likeness (QED) is 0.613. The number of halogens is 1. The van der Waals surface area contributed by atoms with Gasteiger partial charge in [0, 0.05) is 17.2 Å². The minimum atomic E-state index is 0.869. The molecule has 3 heteroatoms. The van der Waals surface area contributed by atoms with Gasteiger partial charge in [0.25, 0.3) is 0 Å². The molecule has 0 aliphatic heterocycles. The molecular weight excluding hydrogens is 250 g/mol. The molecule has 0 heterocycles. The van der Waals surface area contributed by atoms with E-state index in [1.165, 1.54) is 37.1 Å². The Labute approximate surface area is 113 Å². The second-order valence-electron chi connectivity index (χ2n) is 4.63. The zero-order valence-electron chi connectivity index (χ0n) is 10.1. The summed E-state index contributed by atoms with van der Waals surface area (Å²) in [7, 11) is 0. The lowest BCUT2D eigenvalue weighted by molar-refractivity contribution is 0.500. The van der Waals surface area contributed by atoms with Crippen LogP contribution in [-0.4, -0.2) is 18.8 Å². The van der Waals surface area contributed by atoms with Crippen LogP contribution in [0.15, 0.2) is 29.2 Å². The molecule has 0 atom stereocenters. The number of hydrogen-bond acceptors (Lipinski definition) is 2. The van der Waals surface area contributed by atoms with Crippen molar-refractivity contribution in [2.24, 2.45) is 5.92 Å². The van der Waals surface area contributed by atoms with E-state index in [4.69, 9.17) is 11.6 Å². The summed E-state index contributed by atoms with van der Waals surface area (Å²) < 4.78 is 0. The SMILES string of the molecule is Clc1ccccc1SCCNCC1CCCC1. The number of hydrogen-bond donors (Lipinski definition) is 1. The maximum absolute atomic E-state index is 6.10. The van der Waals surface area contributed by atoms with Gasteiger partial charge in [0.15, 0.2) is 0 Å². The van der Waals surface area contributed by atoms with Crippen LogP contribution in [0.2, 0.25) is 5.02 Å². The van der Waals surface area contributed by atoms with Crippen LogP contribution in [0.1, 0.15) is 25.7 Å². The first-order valence-corrected chi connectivity index (χ1v) is 7.80. The summed E-state index contributed by atoms with van der Waals surface area (Å²) in [4.78, 5) is 1.19. The van der Waals surface area contributed by atoms with Crippen molar-refractivity contribution in [2.45, 2.75) is 30.6 Å². The molecule has 0 radical (unpaired) electrons. The minimum Gasteiger partial charge on any atom is -0.316 e. The van der Waals surface area contributed by atoms with Crippen molar-refractivity contribution >= 4 is 23.4 Å². The van der Waals surface area contributed by atoms with Crippen molar-refractivity contribution in [3.63, 3.8) is 0 Å². The summed E-state index contributed by atoms with van der Waals surface area (Å²) in [6, 6.07) is 8.06. The Bertz CT molecular complexity index is 337. The van der Waals surface area contributed by atoms with Crippen LogP contribution in [0, 0.1) is 5.92 Å². The molecule has 17 heavy (non-hydrogen) atoms. The van der Waals surface area contributed by atoms with Gasteiger partial charge in [-0.3, -0.25) is 0 Å². The molecular formula is C14H20ClNS. The van der Waals surface area contributed by atoms with E-state index in [9.17, 15) is 0 Å². The zero-order chi connectivity index (χ0) is 11.9. The maximum Gasteiger partial charge on any atom is 0.0541 e. The van der Waals surface area contributed by atoms with Crippen LogP contribution < -0.4 is 5.32 Å². The van der Waals surface area contributed by atoms with Crippen molar-refractivity contribution in [3.8, 4) is 0 Å². The second-order valence-corrected chi connectivity index (χ2v) is 6.18. The third-order valence-corrected chi connectivity index (χ3v) is 4.80. The van der Waals surface area contributed by atoms with Gasteiger partial charge < -0.3 is 5.32 Å². The Hall–Kier alpha value is -0.180. The van der Waals surface area contributed by atoms with Gasteiger partial charge in [-0.1, -0.05) is 36.6 Å². The largest absolute Gasteiger partial charge is 0.316 e. The van der Waals surface area contributed by atoms with E-state index >= 15 is 0 Å². The maximum atomic E-state index is 6.10. The molecule has 2 rings (SSSR count). The number of rotatable bonds is 6. The van der Waals surface area contributed by atoms with Crippen LogP contribution in [0.5, 0.6) is 0 Å². The highest BCUT2D eigenvalue weighted by Crippen LogP contribution is 2.26. The number of benzene rings is 1. The van der Waals surface area contributed by atoms with Gasteiger partial charge in [0.1, 0.15) is 0 Å². The topological polar surface area (TPSA) is 12.0 Å². The number of nitrogens with one attached hydrogen (secondary N) is 1. The van der Waals surface area contributed by atoms with Crippen LogP contribution in [0.4, 0.5) is 0 Å². The lowest BCUT2D eigenvalue weighted by Gasteiger charge is -2.10. The van der Waals surface area contributed by atoms with Crippen LogP contribution in [0.3, 0.4) is 0 Å².